The molecule has 0 aliphatic carbocycles. The first-order valence-corrected chi connectivity index (χ1v) is 12.3. The van der Waals surface area contributed by atoms with Crippen molar-refractivity contribution in [2.24, 2.45) is 5.41 Å². The van der Waals surface area contributed by atoms with E-state index in [0.717, 1.165) is 6.07 Å². The highest BCUT2D eigenvalue weighted by Gasteiger charge is 2.37. The molecule has 1 amide bonds. The number of furan rings is 1. The number of nitrogens with zero attached hydrogens (tertiary/aromatic N) is 1. The summed E-state index contributed by atoms with van der Waals surface area (Å²) in [6.07, 6.45) is 0. The van der Waals surface area contributed by atoms with Crippen molar-refractivity contribution in [2.75, 3.05) is 15.5 Å². The smallest absolute Gasteiger partial charge is 0.337 e. The second kappa shape index (κ2) is 9.39. The Morgan fingerprint density at radius 3 is 2.38 bits per heavy atom. The van der Waals surface area contributed by atoms with Crippen LogP contribution in [0.25, 0.3) is 0 Å². The van der Waals surface area contributed by atoms with E-state index >= 15 is 0 Å². The Labute approximate surface area is 226 Å². The zero-order chi connectivity index (χ0) is 28.2. The maximum Gasteiger partial charge on any atom is 0.337 e. The summed E-state index contributed by atoms with van der Waals surface area (Å²) in [5.41, 5.74) is -2.05. The second-order valence-corrected chi connectivity index (χ2v) is 10.7. The van der Waals surface area contributed by atoms with Crippen LogP contribution in [0.5, 0.6) is 0 Å². The van der Waals surface area contributed by atoms with Gasteiger partial charge in [0.25, 0.3) is 16.8 Å². The second-order valence-electron chi connectivity index (χ2n) is 10.3. The van der Waals surface area contributed by atoms with Gasteiger partial charge < -0.3 is 25.1 Å². The minimum atomic E-state index is -1.24. The highest BCUT2D eigenvalue weighted by Crippen LogP contribution is 2.40. The number of carbonyl (C=O) groups excluding carboxylic acids is 1. The zero-order valence-electron chi connectivity index (χ0n) is 21.1. The van der Waals surface area contributed by atoms with Crippen LogP contribution in [0.3, 0.4) is 0 Å². The quantitative estimate of drug-likeness (QED) is 0.258. The number of hydrogen-bond acceptors (Lipinski definition) is 7. The van der Waals surface area contributed by atoms with Gasteiger partial charge in [-0.1, -0.05) is 32.9 Å². The number of hydrogen-bond donors (Lipinski definition) is 3. The molecule has 0 spiro atoms. The predicted octanol–water partition coefficient (Wildman–Crippen LogP) is 5.47. The SMILES string of the molecule is CC(C)(C)[C@@H](Nc1c(Nc2ccc(F)c3c2C(=O)N(c2ccccc2C(=O)O)C3)c(=O)c1=O)c1ccc(Cl)o1. The lowest BCUT2D eigenvalue weighted by Gasteiger charge is -2.31. The summed E-state index contributed by atoms with van der Waals surface area (Å²) in [5, 5.41) is 15.7. The number of benzene rings is 2. The maximum absolute atomic E-state index is 14.8. The van der Waals surface area contributed by atoms with E-state index in [-0.39, 0.29) is 51.2 Å². The van der Waals surface area contributed by atoms with Crippen LogP contribution in [-0.4, -0.2) is 17.0 Å². The van der Waals surface area contributed by atoms with Gasteiger partial charge in [-0.05, 0) is 53.4 Å². The topological polar surface area (TPSA) is 129 Å². The number of para-hydroxylation sites is 1. The summed E-state index contributed by atoms with van der Waals surface area (Å²) in [6, 6.07) is 11.0. The molecule has 3 aromatic carbocycles. The van der Waals surface area contributed by atoms with Gasteiger partial charge >= 0.3 is 5.97 Å². The normalized spacial score (nSPS) is 14.0. The molecule has 0 radical (unpaired) electrons. The van der Waals surface area contributed by atoms with E-state index in [1.165, 1.54) is 29.2 Å². The third kappa shape index (κ3) is 4.46. The molecule has 1 aromatic heterocycles. The lowest BCUT2D eigenvalue weighted by atomic mass is 9.85. The van der Waals surface area contributed by atoms with Crippen LogP contribution in [-0.2, 0) is 6.54 Å². The Kier molecular flexibility index (Phi) is 6.30. The van der Waals surface area contributed by atoms with E-state index in [2.05, 4.69) is 10.6 Å². The van der Waals surface area contributed by atoms with Gasteiger partial charge in [0, 0.05) is 5.56 Å². The van der Waals surface area contributed by atoms with Crippen molar-refractivity contribution in [3.05, 3.63) is 102 Å². The summed E-state index contributed by atoms with van der Waals surface area (Å²) >= 11 is 5.95. The number of carboxylic acids is 1. The number of carbonyl (C=O) groups is 2. The van der Waals surface area contributed by atoms with E-state index in [9.17, 15) is 28.7 Å². The molecule has 2 heterocycles. The van der Waals surface area contributed by atoms with E-state index in [0.29, 0.717) is 5.76 Å². The average molecular weight is 552 g/mol. The Bertz CT molecular complexity index is 1710. The van der Waals surface area contributed by atoms with Crippen LogP contribution in [0.1, 0.15) is 58.9 Å². The van der Waals surface area contributed by atoms with Crippen LogP contribution >= 0.6 is 11.6 Å². The lowest BCUT2D eigenvalue weighted by molar-refractivity contribution is 0.0697. The number of carboxylic acid groups (broad SMARTS) is 1. The third-order valence-corrected chi connectivity index (χ3v) is 6.86. The van der Waals surface area contributed by atoms with Crippen LogP contribution < -0.4 is 26.4 Å². The largest absolute Gasteiger partial charge is 0.478 e. The first kappa shape index (κ1) is 26.2. The fraction of sp³-hybridized carbons (Fsp3) is 0.214. The van der Waals surface area contributed by atoms with Crippen molar-refractivity contribution in [3.8, 4) is 0 Å². The van der Waals surface area contributed by atoms with Gasteiger partial charge in [0.15, 0.2) is 5.22 Å². The minimum absolute atomic E-state index is 0.0101. The molecule has 0 saturated heterocycles. The van der Waals surface area contributed by atoms with Crippen molar-refractivity contribution in [3.63, 3.8) is 0 Å². The van der Waals surface area contributed by atoms with Crippen molar-refractivity contribution in [2.45, 2.75) is 33.4 Å². The third-order valence-electron chi connectivity index (χ3n) is 6.66. The van der Waals surface area contributed by atoms with E-state index < -0.39 is 40.0 Å². The van der Waals surface area contributed by atoms with Gasteiger partial charge in [0.05, 0.1) is 35.1 Å². The Hall–Kier alpha value is -4.44. The summed E-state index contributed by atoms with van der Waals surface area (Å²) in [4.78, 5) is 51.6. The molecule has 3 N–H and O–H groups in total. The van der Waals surface area contributed by atoms with Gasteiger partial charge in [0.1, 0.15) is 23.0 Å². The van der Waals surface area contributed by atoms with Crippen LogP contribution in [0.15, 0.2) is 62.5 Å². The summed E-state index contributed by atoms with van der Waals surface area (Å²) in [5.74, 6) is -2.09. The van der Waals surface area contributed by atoms with Crippen molar-refractivity contribution >= 4 is 46.2 Å². The Morgan fingerprint density at radius 1 is 1.05 bits per heavy atom. The maximum atomic E-state index is 14.8. The van der Waals surface area contributed by atoms with Gasteiger partial charge in [-0.3, -0.25) is 14.4 Å². The average Bonchev–Trinajstić information content (AvgIpc) is 3.47. The van der Waals surface area contributed by atoms with Gasteiger partial charge in [-0.15, -0.1) is 0 Å². The monoisotopic (exact) mass is 551 g/mol. The molecule has 0 bridgehead atoms. The Morgan fingerprint density at radius 2 is 1.74 bits per heavy atom. The summed E-state index contributed by atoms with van der Waals surface area (Å²) < 4.78 is 20.4. The molecule has 5 rings (SSSR count). The van der Waals surface area contributed by atoms with Crippen molar-refractivity contribution in [1.82, 2.24) is 0 Å². The van der Waals surface area contributed by atoms with Crippen LogP contribution in [0.2, 0.25) is 5.22 Å². The van der Waals surface area contributed by atoms with Gasteiger partial charge in [-0.2, -0.15) is 0 Å². The molecule has 9 nitrogen and oxygen atoms in total. The van der Waals surface area contributed by atoms with E-state index in [4.69, 9.17) is 16.0 Å². The molecule has 1 aliphatic rings. The van der Waals surface area contributed by atoms with Crippen molar-refractivity contribution < 1.29 is 23.5 Å². The molecule has 0 unspecified atom stereocenters. The standard InChI is InChI=1S/C28H23ClFN3O6/c1-28(2,3)25(18-10-11-19(29)39-18)32-22-21(23(34)24(22)35)31-16-9-8-15(30)14-12-33(26(36)20(14)16)17-7-5-4-6-13(17)27(37)38/h4-11,25,31-32H,12H2,1-3H3,(H,37,38)/t25-/m0/s1. The number of fused-ring (bicyclic) bond motifs is 1. The fourth-order valence-electron chi connectivity index (χ4n) is 4.70. The number of halogens is 2. The number of rotatable bonds is 7. The molecule has 39 heavy (non-hydrogen) atoms. The molecule has 11 heteroatoms. The fourth-order valence-corrected chi connectivity index (χ4v) is 4.85. The summed E-state index contributed by atoms with van der Waals surface area (Å²) in [6.45, 7) is 5.53. The molecule has 0 fully saturated rings. The zero-order valence-corrected chi connectivity index (χ0v) is 21.9. The number of anilines is 4. The highest BCUT2D eigenvalue weighted by molar-refractivity contribution is 6.28. The predicted molar refractivity (Wildman–Crippen MR) is 144 cm³/mol. The molecule has 4 aromatic rings. The number of nitrogens with one attached hydrogen (secondary N) is 2. The molecular formula is C28H23ClFN3O6. The first-order valence-electron chi connectivity index (χ1n) is 12.0. The van der Waals surface area contributed by atoms with Crippen LogP contribution in [0, 0.1) is 11.2 Å². The lowest BCUT2D eigenvalue weighted by Crippen LogP contribution is -2.39. The molecule has 200 valence electrons. The molecule has 1 atom stereocenters. The summed E-state index contributed by atoms with van der Waals surface area (Å²) in [7, 11) is 0. The molecular weight excluding hydrogens is 529 g/mol. The minimum Gasteiger partial charge on any atom is -0.478 e. The van der Waals surface area contributed by atoms with Gasteiger partial charge in [-0.25, -0.2) is 9.18 Å². The number of aromatic carboxylic acids is 1. The Balaban J connectivity index is 1.51. The number of amides is 1. The van der Waals surface area contributed by atoms with E-state index in [1.807, 2.05) is 20.8 Å². The first-order chi connectivity index (χ1) is 18.4. The highest BCUT2D eigenvalue weighted by atomic mass is 35.5. The van der Waals surface area contributed by atoms with Crippen LogP contribution in [0.4, 0.5) is 27.1 Å². The molecule has 1 aliphatic heterocycles. The van der Waals surface area contributed by atoms with Gasteiger partial charge in [0.2, 0.25) is 0 Å². The molecule has 0 saturated carbocycles. The van der Waals surface area contributed by atoms with E-state index in [1.54, 1.807) is 18.2 Å². The van der Waals surface area contributed by atoms with Crippen molar-refractivity contribution in [1.29, 1.82) is 0 Å².